The van der Waals surface area contributed by atoms with Crippen molar-refractivity contribution < 1.29 is 0 Å². The summed E-state index contributed by atoms with van der Waals surface area (Å²) < 4.78 is 0. The molecule has 2 aromatic carbocycles. The van der Waals surface area contributed by atoms with E-state index in [1.165, 1.54) is 73.6 Å². The van der Waals surface area contributed by atoms with Crippen molar-refractivity contribution in [3.8, 4) is 17.2 Å². The second-order valence-corrected chi connectivity index (χ2v) is 7.33. The molecule has 0 atom stereocenters. The second kappa shape index (κ2) is 8.86. The number of hydrogen-bond acceptors (Lipinski definition) is 1. The zero-order valence-corrected chi connectivity index (χ0v) is 15.4. The standard InChI is InChI=1S/C24H29N/c1-2-3-6-11-20-16-17-22(19-12-7-4-8-13-19)24(23(20)18-25)21-14-9-5-10-15-21/h4,7-8,12-13,16-17,21H,2-3,5-6,9-11,14-15H2,1H3. The summed E-state index contributed by atoms with van der Waals surface area (Å²) >= 11 is 0. The van der Waals surface area contributed by atoms with Gasteiger partial charge in [0.2, 0.25) is 0 Å². The Hall–Kier alpha value is -2.07. The quantitative estimate of drug-likeness (QED) is 0.522. The molecule has 3 rings (SSSR count). The summed E-state index contributed by atoms with van der Waals surface area (Å²) in [6.07, 6.45) is 11.1. The lowest BCUT2D eigenvalue weighted by Crippen LogP contribution is -2.10. The van der Waals surface area contributed by atoms with Gasteiger partial charge < -0.3 is 0 Å². The highest BCUT2D eigenvalue weighted by atomic mass is 14.3. The number of unbranched alkanes of at least 4 members (excludes halogenated alkanes) is 2. The van der Waals surface area contributed by atoms with Crippen molar-refractivity contribution in [3.05, 3.63) is 59.2 Å². The first-order chi connectivity index (χ1) is 12.3. The fraction of sp³-hybridized carbons (Fsp3) is 0.458. The van der Waals surface area contributed by atoms with E-state index in [1.807, 2.05) is 0 Å². The molecule has 2 aromatic rings. The van der Waals surface area contributed by atoms with Gasteiger partial charge in [-0.2, -0.15) is 5.26 Å². The number of nitriles is 1. The van der Waals surface area contributed by atoms with Gasteiger partial charge in [0.15, 0.2) is 0 Å². The fourth-order valence-electron chi connectivity index (χ4n) is 4.26. The van der Waals surface area contributed by atoms with Crippen LogP contribution >= 0.6 is 0 Å². The van der Waals surface area contributed by atoms with Crippen LogP contribution in [0.15, 0.2) is 42.5 Å². The normalized spacial score (nSPS) is 15.0. The molecule has 0 amide bonds. The Bertz CT molecular complexity index is 718. The lowest BCUT2D eigenvalue weighted by Gasteiger charge is -2.26. The van der Waals surface area contributed by atoms with Gasteiger partial charge >= 0.3 is 0 Å². The van der Waals surface area contributed by atoms with Gasteiger partial charge in [-0.25, -0.2) is 0 Å². The first-order valence-electron chi connectivity index (χ1n) is 9.96. The molecule has 1 nitrogen and oxygen atoms in total. The summed E-state index contributed by atoms with van der Waals surface area (Å²) in [6.45, 7) is 2.23. The Morgan fingerprint density at radius 2 is 1.72 bits per heavy atom. The van der Waals surface area contributed by atoms with Crippen molar-refractivity contribution in [1.29, 1.82) is 5.26 Å². The van der Waals surface area contributed by atoms with Gasteiger partial charge in [-0.15, -0.1) is 0 Å². The number of rotatable bonds is 6. The van der Waals surface area contributed by atoms with Crippen molar-refractivity contribution >= 4 is 0 Å². The molecule has 25 heavy (non-hydrogen) atoms. The van der Waals surface area contributed by atoms with Crippen LogP contribution in [0, 0.1) is 11.3 Å². The van der Waals surface area contributed by atoms with Crippen molar-refractivity contribution in [2.45, 2.75) is 70.6 Å². The molecule has 0 aromatic heterocycles. The van der Waals surface area contributed by atoms with Gasteiger partial charge in [-0.1, -0.05) is 81.5 Å². The Morgan fingerprint density at radius 3 is 2.40 bits per heavy atom. The third kappa shape index (κ3) is 4.13. The van der Waals surface area contributed by atoms with Gasteiger partial charge in [-0.05, 0) is 53.9 Å². The van der Waals surface area contributed by atoms with Crippen molar-refractivity contribution in [3.63, 3.8) is 0 Å². The van der Waals surface area contributed by atoms with E-state index in [9.17, 15) is 5.26 Å². The molecular weight excluding hydrogens is 302 g/mol. The molecule has 0 aliphatic heterocycles. The molecule has 0 heterocycles. The molecule has 1 aliphatic rings. The van der Waals surface area contributed by atoms with Gasteiger partial charge in [0.1, 0.15) is 0 Å². The number of nitrogens with zero attached hydrogens (tertiary/aromatic N) is 1. The Kier molecular flexibility index (Phi) is 6.29. The molecule has 0 radical (unpaired) electrons. The predicted molar refractivity (Wildman–Crippen MR) is 106 cm³/mol. The summed E-state index contributed by atoms with van der Waals surface area (Å²) in [5.74, 6) is 0.546. The van der Waals surface area contributed by atoms with Gasteiger partial charge in [0.05, 0.1) is 11.6 Å². The Morgan fingerprint density at radius 1 is 0.960 bits per heavy atom. The van der Waals surface area contributed by atoms with Crippen LogP contribution in [0.2, 0.25) is 0 Å². The molecule has 1 fully saturated rings. The van der Waals surface area contributed by atoms with E-state index in [2.05, 4.69) is 55.5 Å². The maximum atomic E-state index is 10.0. The molecule has 0 bridgehead atoms. The van der Waals surface area contributed by atoms with Crippen molar-refractivity contribution in [2.24, 2.45) is 0 Å². The number of aryl methyl sites for hydroxylation is 1. The van der Waals surface area contributed by atoms with Crippen LogP contribution in [0.25, 0.3) is 11.1 Å². The van der Waals surface area contributed by atoms with Crippen LogP contribution < -0.4 is 0 Å². The minimum Gasteiger partial charge on any atom is -0.192 e. The van der Waals surface area contributed by atoms with E-state index >= 15 is 0 Å². The molecule has 0 saturated heterocycles. The highest BCUT2D eigenvalue weighted by Crippen LogP contribution is 2.41. The van der Waals surface area contributed by atoms with E-state index in [0.717, 1.165) is 12.0 Å². The SMILES string of the molecule is CCCCCc1ccc(-c2ccccc2)c(C2CCCCC2)c1C#N. The molecule has 130 valence electrons. The molecule has 0 unspecified atom stereocenters. The third-order valence-electron chi connectivity index (χ3n) is 5.59. The lowest BCUT2D eigenvalue weighted by atomic mass is 9.77. The van der Waals surface area contributed by atoms with E-state index in [1.54, 1.807) is 0 Å². The first kappa shape index (κ1) is 17.7. The number of benzene rings is 2. The van der Waals surface area contributed by atoms with Crippen LogP contribution in [-0.2, 0) is 6.42 Å². The fourth-order valence-corrected chi connectivity index (χ4v) is 4.26. The Balaban J connectivity index is 2.07. The average Bonchev–Trinajstić information content (AvgIpc) is 2.69. The highest BCUT2D eigenvalue weighted by Gasteiger charge is 2.24. The maximum Gasteiger partial charge on any atom is 0.0997 e. The van der Waals surface area contributed by atoms with Gasteiger partial charge in [0.25, 0.3) is 0 Å². The predicted octanol–water partition coefficient (Wildman–Crippen LogP) is 7.01. The molecule has 1 aliphatic carbocycles. The minimum atomic E-state index is 0.546. The first-order valence-corrected chi connectivity index (χ1v) is 9.96. The largest absolute Gasteiger partial charge is 0.192 e. The van der Waals surface area contributed by atoms with E-state index < -0.39 is 0 Å². The highest BCUT2D eigenvalue weighted by molar-refractivity contribution is 5.72. The summed E-state index contributed by atoms with van der Waals surface area (Å²) in [7, 11) is 0. The van der Waals surface area contributed by atoms with Crippen LogP contribution in [0.4, 0.5) is 0 Å². The maximum absolute atomic E-state index is 10.0. The zero-order valence-electron chi connectivity index (χ0n) is 15.4. The van der Waals surface area contributed by atoms with Gasteiger partial charge in [-0.3, -0.25) is 0 Å². The molecule has 1 heteroatoms. The van der Waals surface area contributed by atoms with Gasteiger partial charge in [0, 0.05) is 0 Å². The van der Waals surface area contributed by atoms with Crippen molar-refractivity contribution in [2.75, 3.05) is 0 Å². The second-order valence-electron chi connectivity index (χ2n) is 7.33. The van der Waals surface area contributed by atoms with Crippen LogP contribution in [0.1, 0.15) is 80.9 Å². The van der Waals surface area contributed by atoms with Crippen LogP contribution in [0.5, 0.6) is 0 Å². The summed E-state index contributed by atoms with van der Waals surface area (Å²) in [4.78, 5) is 0. The summed E-state index contributed by atoms with van der Waals surface area (Å²) in [6, 6.07) is 17.7. The molecule has 1 saturated carbocycles. The average molecular weight is 332 g/mol. The van der Waals surface area contributed by atoms with E-state index in [4.69, 9.17) is 0 Å². The zero-order chi connectivity index (χ0) is 17.5. The Labute approximate surface area is 152 Å². The van der Waals surface area contributed by atoms with E-state index in [-0.39, 0.29) is 0 Å². The molecular formula is C24H29N. The summed E-state index contributed by atoms with van der Waals surface area (Å²) in [5.41, 5.74) is 6.10. The minimum absolute atomic E-state index is 0.546. The third-order valence-corrected chi connectivity index (χ3v) is 5.59. The smallest absolute Gasteiger partial charge is 0.0997 e. The van der Waals surface area contributed by atoms with Crippen molar-refractivity contribution in [1.82, 2.24) is 0 Å². The molecule has 0 N–H and O–H groups in total. The van der Waals surface area contributed by atoms with Crippen LogP contribution in [-0.4, -0.2) is 0 Å². The van der Waals surface area contributed by atoms with E-state index in [0.29, 0.717) is 5.92 Å². The lowest BCUT2D eigenvalue weighted by molar-refractivity contribution is 0.443. The number of hydrogen-bond donors (Lipinski definition) is 0. The summed E-state index contributed by atoms with van der Waals surface area (Å²) in [5, 5.41) is 10.0. The van der Waals surface area contributed by atoms with Crippen LogP contribution in [0.3, 0.4) is 0 Å². The monoisotopic (exact) mass is 331 g/mol. The topological polar surface area (TPSA) is 23.8 Å². The molecule has 0 spiro atoms.